The van der Waals surface area contributed by atoms with Crippen molar-refractivity contribution in [1.82, 2.24) is 15.1 Å². The van der Waals surface area contributed by atoms with Crippen LogP contribution in [-0.4, -0.2) is 48.3 Å². The number of nitrogens with zero attached hydrogens (tertiary/aromatic N) is 4. The Balaban J connectivity index is 1.71. The number of fused-ring (bicyclic) bond motifs is 1. The Morgan fingerprint density at radius 2 is 1.63 bits per heavy atom. The van der Waals surface area contributed by atoms with Gasteiger partial charge in [0, 0.05) is 31.6 Å². The third-order valence-corrected chi connectivity index (χ3v) is 4.41. The minimum absolute atomic E-state index is 0.0791. The molecule has 2 aliphatic rings. The molecule has 0 aromatic carbocycles. The first kappa shape index (κ1) is 12.9. The normalized spacial score (nSPS) is 27.9. The zero-order valence-corrected chi connectivity index (χ0v) is 12.4. The summed E-state index contributed by atoms with van der Waals surface area (Å²) < 4.78 is 0. The zero-order chi connectivity index (χ0) is 13.6. The van der Waals surface area contributed by atoms with Crippen molar-refractivity contribution in [1.29, 1.82) is 0 Å². The topological polar surface area (TPSA) is 32.3 Å². The van der Waals surface area contributed by atoms with Gasteiger partial charge in [-0.15, -0.1) is 5.10 Å². The monoisotopic (exact) mass is 260 g/mol. The fraction of sp³-hybridized carbons (Fsp3) is 0.733. The maximum Gasteiger partial charge on any atom is 0.151 e. The van der Waals surface area contributed by atoms with Crippen LogP contribution in [0.1, 0.15) is 26.5 Å². The van der Waals surface area contributed by atoms with Crippen LogP contribution in [0.5, 0.6) is 0 Å². The molecule has 2 unspecified atom stereocenters. The lowest BCUT2D eigenvalue weighted by Gasteiger charge is -2.21. The van der Waals surface area contributed by atoms with Crippen molar-refractivity contribution < 1.29 is 0 Å². The standard InChI is InChI=1S/C15H24N4/c1-15(2,3)13-5-6-14(17-16-13)19-9-11-7-18(4)8-12(11)10-19/h5-6,11-12H,7-10H2,1-4H3. The van der Waals surface area contributed by atoms with Gasteiger partial charge in [-0.2, -0.15) is 5.10 Å². The highest BCUT2D eigenvalue weighted by Gasteiger charge is 2.39. The zero-order valence-electron chi connectivity index (χ0n) is 12.4. The molecule has 2 fully saturated rings. The van der Waals surface area contributed by atoms with Crippen molar-refractivity contribution in [3.8, 4) is 0 Å². The fourth-order valence-electron chi connectivity index (χ4n) is 3.31. The first-order valence-corrected chi connectivity index (χ1v) is 7.21. The second-order valence-electron chi connectivity index (χ2n) is 7.17. The number of anilines is 1. The molecule has 0 saturated carbocycles. The van der Waals surface area contributed by atoms with E-state index in [9.17, 15) is 0 Å². The van der Waals surface area contributed by atoms with Crippen molar-refractivity contribution in [3.05, 3.63) is 17.8 Å². The van der Waals surface area contributed by atoms with Gasteiger partial charge in [0.15, 0.2) is 5.82 Å². The summed E-state index contributed by atoms with van der Waals surface area (Å²) >= 11 is 0. The van der Waals surface area contributed by atoms with Gasteiger partial charge in [-0.3, -0.25) is 0 Å². The number of hydrogen-bond donors (Lipinski definition) is 0. The lowest BCUT2D eigenvalue weighted by Crippen LogP contribution is -2.27. The minimum Gasteiger partial charge on any atom is -0.354 e. The molecule has 2 atom stereocenters. The molecular formula is C15H24N4. The lowest BCUT2D eigenvalue weighted by molar-refractivity contribution is 0.386. The van der Waals surface area contributed by atoms with E-state index in [-0.39, 0.29) is 5.41 Å². The average molecular weight is 260 g/mol. The lowest BCUT2D eigenvalue weighted by atomic mass is 9.92. The van der Waals surface area contributed by atoms with E-state index in [1.165, 1.54) is 13.1 Å². The van der Waals surface area contributed by atoms with Gasteiger partial charge in [0.2, 0.25) is 0 Å². The first-order valence-electron chi connectivity index (χ1n) is 7.21. The van der Waals surface area contributed by atoms with E-state index in [0.717, 1.165) is 36.4 Å². The highest BCUT2D eigenvalue weighted by atomic mass is 15.3. The highest BCUT2D eigenvalue weighted by molar-refractivity contribution is 5.40. The molecule has 0 N–H and O–H groups in total. The summed E-state index contributed by atoms with van der Waals surface area (Å²) in [4.78, 5) is 4.85. The second-order valence-corrected chi connectivity index (χ2v) is 7.17. The molecule has 0 aliphatic carbocycles. The van der Waals surface area contributed by atoms with Gasteiger partial charge in [0.1, 0.15) is 0 Å². The van der Waals surface area contributed by atoms with E-state index in [1.54, 1.807) is 0 Å². The summed E-state index contributed by atoms with van der Waals surface area (Å²) in [5.74, 6) is 2.67. The third-order valence-electron chi connectivity index (χ3n) is 4.41. The minimum atomic E-state index is 0.0791. The van der Waals surface area contributed by atoms with E-state index in [0.29, 0.717) is 0 Å². The Bertz CT molecular complexity index is 434. The Labute approximate surface area is 115 Å². The Morgan fingerprint density at radius 3 is 2.11 bits per heavy atom. The number of rotatable bonds is 1. The van der Waals surface area contributed by atoms with E-state index in [1.807, 2.05) is 0 Å². The van der Waals surface area contributed by atoms with Crippen LogP contribution in [0.15, 0.2) is 12.1 Å². The van der Waals surface area contributed by atoms with Gasteiger partial charge >= 0.3 is 0 Å². The van der Waals surface area contributed by atoms with Crippen LogP contribution in [0.2, 0.25) is 0 Å². The van der Waals surface area contributed by atoms with Gasteiger partial charge in [-0.05, 0) is 31.0 Å². The van der Waals surface area contributed by atoms with E-state index in [2.05, 4.69) is 59.9 Å². The van der Waals surface area contributed by atoms with Crippen molar-refractivity contribution in [2.45, 2.75) is 26.2 Å². The molecule has 4 heteroatoms. The Hall–Kier alpha value is -1.16. The molecule has 1 aromatic heterocycles. The summed E-state index contributed by atoms with van der Waals surface area (Å²) in [7, 11) is 2.22. The van der Waals surface area contributed by atoms with Crippen LogP contribution in [0.25, 0.3) is 0 Å². The average Bonchev–Trinajstić information content (AvgIpc) is 2.85. The molecule has 0 spiro atoms. The smallest absolute Gasteiger partial charge is 0.151 e. The number of hydrogen-bond acceptors (Lipinski definition) is 4. The van der Waals surface area contributed by atoms with Gasteiger partial charge in [-0.25, -0.2) is 0 Å². The molecule has 2 aliphatic heterocycles. The van der Waals surface area contributed by atoms with E-state index >= 15 is 0 Å². The predicted octanol–water partition coefficient (Wildman–Crippen LogP) is 1.77. The molecule has 0 radical (unpaired) electrons. The second kappa shape index (κ2) is 4.44. The van der Waals surface area contributed by atoms with Gasteiger partial charge in [-0.1, -0.05) is 20.8 Å². The van der Waals surface area contributed by atoms with Crippen LogP contribution in [0, 0.1) is 11.8 Å². The molecule has 3 heterocycles. The number of aromatic nitrogens is 2. The molecular weight excluding hydrogens is 236 g/mol. The van der Waals surface area contributed by atoms with Crippen LogP contribution in [0.3, 0.4) is 0 Å². The third kappa shape index (κ3) is 2.46. The van der Waals surface area contributed by atoms with Gasteiger partial charge in [0.25, 0.3) is 0 Å². The summed E-state index contributed by atoms with van der Waals surface area (Å²) in [6.45, 7) is 11.3. The van der Waals surface area contributed by atoms with Crippen molar-refractivity contribution in [2.75, 3.05) is 38.1 Å². The summed E-state index contributed by atoms with van der Waals surface area (Å²) in [5.41, 5.74) is 1.14. The largest absolute Gasteiger partial charge is 0.354 e. The Morgan fingerprint density at radius 1 is 1.00 bits per heavy atom. The Kier molecular flexibility index (Phi) is 3.01. The SMILES string of the molecule is CN1CC2CN(c3ccc(C(C)(C)C)nn3)CC2C1. The van der Waals surface area contributed by atoms with Crippen molar-refractivity contribution >= 4 is 5.82 Å². The fourth-order valence-corrected chi connectivity index (χ4v) is 3.31. The van der Waals surface area contributed by atoms with Crippen LogP contribution in [-0.2, 0) is 5.41 Å². The molecule has 2 saturated heterocycles. The predicted molar refractivity (Wildman–Crippen MR) is 77.4 cm³/mol. The van der Waals surface area contributed by atoms with Crippen molar-refractivity contribution in [3.63, 3.8) is 0 Å². The number of likely N-dealkylation sites (tertiary alicyclic amines) is 1. The van der Waals surface area contributed by atoms with E-state index in [4.69, 9.17) is 0 Å². The van der Waals surface area contributed by atoms with Crippen LogP contribution >= 0.6 is 0 Å². The molecule has 19 heavy (non-hydrogen) atoms. The molecule has 104 valence electrons. The summed E-state index contributed by atoms with van der Waals surface area (Å²) in [6, 6.07) is 4.26. The molecule has 4 nitrogen and oxygen atoms in total. The van der Waals surface area contributed by atoms with Crippen molar-refractivity contribution in [2.24, 2.45) is 11.8 Å². The summed E-state index contributed by atoms with van der Waals surface area (Å²) in [5, 5.41) is 8.84. The molecule has 0 bridgehead atoms. The first-order chi connectivity index (χ1) is 8.93. The van der Waals surface area contributed by atoms with Gasteiger partial charge < -0.3 is 9.80 Å². The summed E-state index contributed by atoms with van der Waals surface area (Å²) in [6.07, 6.45) is 0. The van der Waals surface area contributed by atoms with Crippen LogP contribution < -0.4 is 4.90 Å². The van der Waals surface area contributed by atoms with Gasteiger partial charge in [0.05, 0.1) is 5.69 Å². The maximum atomic E-state index is 4.44. The van der Waals surface area contributed by atoms with E-state index < -0.39 is 0 Å². The molecule has 3 rings (SSSR count). The quantitative estimate of drug-likeness (QED) is 0.770. The van der Waals surface area contributed by atoms with Crippen LogP contribution in [0.4, 0.5) is 5.82 Å². The highest BCUT2D eigenvalue weighted by Crippen LogP contribution is 2.32. The maximum absolute atomic E-state index is 4.44. The molecule has 1 aromatic rings. The molecule has 0 amide bonds.